The van der Waals surface area contributed by atoms with Gasteiger partial charge in [0.15, 0.2) is 11.5 Å². The van der Waals surface area contributed by atoms with Gasteiger partial charge in [-0.1, -0.05) is 35.9 Å². The third-order valence-corrected chi connectivity index (χ3v) is 5.50. The van der Waals surface area contributed by atoms with Gasteiger partial charge in [-0.25, -0.2) is 0 Å². The molecule has 3 rings (SSSR count). The van der Waals surface area contributed by atoms with Gasteiger partial charge in [-0.3, -0.25) is 9.69 Å². The van der Waals surface area contributed by atoms with Crippen molar-refractivity contribution >= 4 is 5.91 Å². The number of morpholine rings is 1. The molecular formula is C24H32N2O5. The fourth-order valence-electron chi connectivity index (χ4n) is 3.80. The first-order chi connectivity index (χ1) is 15.0. The second kappa shape index (κ2) is 11.0. The summed E-state index contributed by atoms with van der Waals surface area (Å²) >= 11 is 0. The Morgan fingerprint density at radius 3 is 2.29 bits per heavy atom. The van der Waals surface area contributed by atoms with E-state index in [0.717, 1.165) is 44.0 Å². The molecule has 1 atom stereocenters. The Balaban J connectivity index is 1.77. The van der Waals surface area contributed by atoms with Gasteiger partial charge < -0.3 is 24.3 Å². The predicted molar refractivity (Wildman–Crippen MR) is 119 cm³/mol. The average molecular weight is 429 g/mol. The number of aryl methyl sites for hydroxylation is 1. The van der Waals surface area contributed by atoms with Crippen LogP contribution in [0.4, 0.5) is 0 Å². The zero-order valence-electron chi connectivity index (χ0n) is 18.8. The summed E-state index contributed by atoms with van der Waals surface area (Å²) in [4.78, 5) is 15.4. The third-order valence-electron chi connectivity index (χ3n) is 5.50. The first-order valence-electron chi connectivity index (χ1n) is 10.5. The van der Waals surface area contributed by atoms with Crippen LogP contribution in [0.15, 0.2) is 36.4 Å². The molecular weight excluding hydrogens is 396 g/mol. The van der Waals surface area contributed by atoms with E-state index in [0.29, 0.717) is 17.2 Å². The van der Waals surface area contributed by atoms with Crippen LogP contribution in [0.5, 0.6) is 17.2 Å². The Morgan fingerprint density at radius 2 is 1.68 bits per heavy atom. The first kappa shape index (κ1) is 22.9. The van der Waals surface area contributed by atoms with Gasteiger partial charge >= 0.3 is 0 Å². The van der Waals surface area contributed by atoms with Gasteiger partial charge in [0.05, 0.1) is 47.0 Å². The molecule has 1 aliphatic rings. The Kier molecular flexibility index (Phi) is 8.14. The molecule has 1 amide bonds. The zero-order valence-corrected chi connectivity index (χ0v) is 18.8. The molecule has 0 radical (unpaired) electrons. The number of hydrogen-bond acceptors (Lipinski definition) is 6. The van der Waals surface area contributed by atoms with E-state index in [1.54, 1.807) is 27.4 Å². The highest BCUT2D eigenvalue weighted by Gasteiger charge is 2.22. The predicted octanol–water partition coefficient (Wildman–Crippen LogP) is 2.75. The van der Waals surface area contributed by atoms with Crippen molar-refractivity contribution in [1.29, 1.82) is 0 Å². The van der Waals surface area contributed by atoms with Crippen molar-refractivity contribution in [3.8, 4) is 17.2 Å². The molecule has 1 N–H and O–H groups in total. The minimum absolute atomic E-state index is 0.0793. The number of nitrogens with zero attached hydrogens (tertiary/aromatic N) is 1. The molecule has 31 heavy (non-hydrogen) atoms. The van der Waals surface area contributed by atoms with E-state index in [2.05, 4.69) is 41.4 Å². The highest BCUT2D eigenvalue weighted by atomic mass is 16.5. The molecule has 1 aliphatic heterocycles. The highest BCUT2D eigenvalue weighted by Crippen LogP contribution is 2.39. The zero-order chi connectivity index (χ0) is 22.2. The van der Waals surface area contributed by atoms with E-state index < -0.39 is 0 Å². The van der Waals surface area contributed by atoms with E-state index in [1.807, 2.05) is 6.07 Å². The molecule has 7 nitrogen and oxygen atoms in total. The number of hydrogen-bond donors (Lipinski definition) is 1. The Bertz CT molecular complexity index is 863. The van der Waals surface area contributed by atoms with Crippen LogP contribution in [0.25, 0.3) is 0 Å². The number of benzene rings is 2. The normalized spacial score (nSPS) is 15.2. The fourth-order valence-corrected chi connectivity index (χ4v) is 3.80. The van der Waals surface area contributed by atoms with E-state index in [-0.39, 0.29) is 18.4 Å². The van der Waals surface area contributed by atoms with Gasteiger partial charge in [0.25, 0.3) is 0 Å². The summed E-state index contributed by atoms with van der Waals surface area (Å²) in [5, 5.41) is 3.22. The maximum atomic E-state index is 13.0. The fraction of sp³-hybridized carbons (Fsp3) is 0.458. The van der Waals surface area contributed by atoms with Gasteiger partial charge in [0, 0.05) is 25.2 Å². The van der Waals surface area contributed by atoms with E-state index in [4.69, 9.17) is 18.9 Å². The molecule has 0 aromatic heterocycles. The van der Waals surface area contributed by atoms with Gasteiger partial charge in [0.2, 0.25) is 11.7 Å². The molecule has 0 unspecified atom stereocenters. The molecule has 0 bridgehead atoms. The van der Waals surface area contributed by atoms with Crippen LogP contribution in [0.1, 0.15) is 22.7 Å². The van der Waals surface area contributed by atoms with Crippen LogP contribution in [-0.4, -0.2) is 65.0 Å². The average Bonchev–Trinajstić information content (AvgIpc) is 2.79. The lowest BCUT2D eigenvalue weighted by molar-refractivity contribution is -0.121. The third kappa shape index (κ3) is 5.89. The summed E-state index contributed by atoms with van der Waals surface area (Å²) in [7, 11) is 4.69. The summed E-state index contributed by atoms with van der Waals surface area (Å²) in [6.45, 7) is 5.96. The van der Waals surface area contributed by atoms with Crippen molar-refractivity contribution in [2.45, 2.75) is 19.4 Å². The Morgan fingerprint density at radius 1 is 1.00 bits per heavy atom. The van der Waals surface area contributed by atoms with Crippen molar-refractivity contribution < 1.29 is 23.7 Å². The summed E-state index contributed by atoms with van der Waals surface area (Å²) < 4.78 is 21.8. The lowest BCUT2D eigenvalue weighted by Gasteiger charge is -2.31. The summed E-state index contributed by atoms with van der Waals surface area (Å²) in [5.41, 5.74) is 3.02. The number of amides is 1. The lowest BCUT2D eigenvalue weighted by atomic mass is 10.0. The number of rotatable bonds is 9. The van der Waals surface area contributed by atoms with E-state index >= 15 is 0 Å². The maximum Gasteiger partial charge on any atom is 0.225 e. The molecule has 1 heterocycles. The standard InChI is InChI=1S/C24H32N2O5/c1-17-5-7-18(8-6-17)20(16-26-11-13-31-14-12-26)25-22(27)15-19-9-10-21(28-2)24(30-4)23(19)29-3/h5-10,20H,11-16H2,1-4H3,(H,25,27)/t20-/m1/s1. The lowest BCUT2D eigenvalue weighted by Crippen LogP contribution is -2.43. The molecule has 2 aromatic carbocycles. The Hall–Kier alpha value is -2.77. The second-order valence-electron chi connectivity index (χ2n) is 7.61. The SMILES string of the molecule is COc1ccc(CC(=O)N[C@H](CN2CCOCC2)c2ccc(C)cc2)c(OC)c1OC. The molecule has 1 saturated heterocycles. The van der Waals surface area contributed by atoms with Crippen LogP contribution in [-0.2, 0) is 16.0 Å². The van der Waals surface area contributed by atoms with Crippen molar-refractivity contribution in [2.24, 2.45) is 0 Å². The monoisotopic (exact) mass is 428 g/mol. The highest BCUT2D eigenvalue weighted by molar-refractivity contribution is 5.80. The van der Waals surface area contributed by atoms with E-state index in [9.17, 15) is 4.79 Å². The summed E-state index contributed by atoms with van der Waals surface area (Å²) in [5.74, 6) is 1.48. The molecule has 0 saturated carbocycles. The molecule has 0 spiro atoms. The first-order valence-corrected chi connectivity index (χ1v) is 10.5. The van der Waals surface area contributed by atoms with Crippen LogP contribution in [0.3, 0.4) is 0 Å². The molecule has 168 valence electrons. The van der Waals surface area contributed by atoms with Gasteiger partial charge in [-0.15, -0.1) is 0 Å². The maximum absolute atomic E-state index is 13.0. The van der Waals surface area contributed by atoms with Crippen LogP contribution in [0, 0.1) is 6.92 Å². The van der Waals surface area contributed by atoms with Crippen molar-refractivity contribution in [3.63, 3.8) is 0 Å². The van der Waals surface area contributed by atoms with Crippen LogP contribution < -0.4 is 19.5 Å². The number of carbonyl (C=O) groups excluding carboxylic acids is 1. The summed E-state index contributed by atoms with van der Waals surface area (Å²) in [6.07, 6.45) is 0.176. The largest absolute Gasteiger partial charge is 0.493 e. The van der Waals surface area contributed by atoms with Crippen LogP contribution in [0.2, 0.25) is 0 Å². The quantitative estimate of drug-likeness (QED) is 0.662. The molecule has 7 heteroatoms. The minimum Gasteiger partial charge on any atom is -0.493 e. The van der Waals surface area contributed by atoms with Gasteiger partial charge in [0.1, 0.15) is 0 Å². The minimum atomic E-state index is -0.114. The topological polar surface area (TPSA) is 69.3 Å². The molecule has 1 fully saturated rings. The van der Waals surface area contributed by atoms with E-state index in [1.165, 1.54) is 5.56 Å². The smallest absolute Gasteiger partial charge is 0.225 e. The van der Waals surface area contributed by atoms with Crippen LogP contribution >= 0.6 is 0 Å². The number of nitrogens with one attached hydrogen (secondary N) is 1. The van der Waals surface area contributed by atoms with Crippen molar-refractivity contribution in [2.75, 3.05) is 54.2 Å². The van der Waals surface area contributed by atoms with Gasteiger partial charge in [-0.05, 0) is 18.6 Å². The second-order valence-corrected chi connectivity index (χ2v) is 7.61. The van der Waals surface area contributed by atoms with Gasteiger partial charge in [-0.2, -0.15) is 0 Å². The Labute approximate surface area is 184 Å². The number of carbonyl (C=O) groups is 1. The van der Waals surface area contributed by atoms with Crippen molar-refractivity contribution in [3.05, 3.63) is 53.1 Å². The van der Waals surface area contributed by atoms with Crippen molar-refractivity contribution in [1.82, 2.24) is 10.2 Å². The number of ether oxygens (including phenoxy) is 4. The molecule has 2 aromatic rings. The molecule has 0 aliphatic carbocycles. The number of methoxy groups -OCH3 is 3. The summed E-state index contributed by atoms with van der Waals surface area (Å²) in [6, 6.07) is 11.8.